The zero-order valence-electron chi connectivity index (χ0n) is 14.4. The van der Waals surface area contributed by atoms with Crippen LogP contribution in [0, 0.1) is 12.7 Å². The van der Waals surface area contributed by atoms with Crippen LogP contribution >= 0.6 is 11.6 Å². The molecule has 0 spiro atoms. The Labute approximate surface area is 161 Å². The van der Waals surface area contributed by atoms with E-state index in [0.29, 0.717) is 5.56 Å². The summed E-state index contributed by atoms with van der Waals surface area (Å²) in [5.74, 6) is -1.32. The van der Waals surface area contributed by atoms with Gasteiger partial charge in [0.2, 0.25) is 0 Å². The maximum absolute atomic E-state index is 13.3. The molecule has 0 radical (unpaired) electrons. The van der Waals surface area contributed by atoms with Crippen LogP contribution in [0.4, 0.5) is 10.1 Å². The van der Waals surface area contributed by atoms with Crippen LogP contribution in [0.5, 0.6) is 0 Å². The average molecular weight is 408 g/mol. The third kappa shape index (κ3) is 4.01. The van der Waals surface area contributed by atoms with E-state index in [1.807, 2.05) is 19.1 Å². The van der Waals surface area contributed by atoms with Crippen LogP contribution in [0.1, 0.15) is 11.1 Å². The van der Waals surface area contributed by atoms with Gasteiger partial charge in [-0.3, -0.25) is 4.79 Å². The second-order valence-corrected chi connectivity index (χ2v) is 7.93. The van der Waals surface area contributed by atoms with E-state index < -0.39 is 21.9 Å². The summed E-state index contributed by atoms with van der Waals surface area (Å²) >= 11 is 5.71. The summed E-state index contributed by atoms with van der Waals surface area (Å²) in [4.78, 5) is 12.6. The molecule has 0 atom stereocenters. The summed E-state index contributed by atoms with van der Waals surface area (Å²) in [6, 6.07) is 10.7. The molecule has 6 nitrogen and oxygen atoms in total. The average Bonchev–Trinajstić information content (AvgIpc) is 2.61. The lowest BCUT2D eigenvalue weighted by atomic mass is 10.1. The number of hydrogen-bond acceptors (Lipinski definition) is 3. The van der Waals surface area contributed by atoms with Gasteiger partial charge in [-0.2, -0.15) is 8.42 Å². The van der Waals surface area contributed by atoms with Gasteiger partial charge in [0.1, 0.15) is 11.5 Å². The van der Waals surface area contributed by atoms with Gasteiger partial charge in [-0.05, 0) is 31.2 Å². The van der Waals surface area contributed by atoms with Crippen molar-refractivity contribution in [3.63, 3.8) is 0 Å². The molecule has 0 saturated carbocycles. The molecule has 0 bridgehead atoms. The van der Waals surface area contributed by atoms with Crippen molar-refractivity contribution < 1.29 is 17.6 Å². The second kappa shape index (κ2) is 7.13. The van der Waals surface area contributed by atoms with Crippen molar-refractivity contribution in [1.82, 2.24) is 4.31 Å². The van der Waals surface area contributed by atoms with Crippen molar-refractivity contribution in [2.45, 2.75) is 6.92 Å². The Bertz CT molecular complexity index is 1080. The molecule has 0 fully saturated rings. The van der Waals surface area contributed by atoms with Crippen LogP contribution in [-0.2, 0) is 15.0 Å². The first-order valence-electron chi connectivity index (χ1n) is 7.81. The van der Waals surface area contributed by atoms with Crippen LogP contribution in [0.2, 0.25) is 5.02 Å². The third-order valence-electron chi connectivity index (χ3n) is 3.93. The fraction of sp³-hybridized carbons (Fsp3) is 0.111. The molecule has 0 aliphatic carbocycles. The highest BCUT2D eigenvalue weighted by Crippen LogP contribution is 2.23. The van der Waals surface area contributed by atoms with E-state index in [1.165, 1.54) is 25.3 Å². The highest BCUT2D eigenvalue weighted by atomic mass is 35.5. The van der Waals surface area contributed by atoms with Crippen molar-refractivity contribution >= 4 is 39.1 Å². The predicted molar refractivity (Wildman–Crippen MR) is 103 cm³/mol. The summed E-state index contributed by atoms with van der Waals surface area (Å²) in [6.07, 6.45) is 1.38. The number of amides is 1. The van der Waals surface area contributed by atoms with Crippen molar-refractivity contribution in [2.75, 3.05) is 12.4 Å². The number of hydrogen-bond donors (Lipinski definition) is 1. The molecule has 3 rings (SSSR count). The highest BCUT2D eigenvalue weighted by Gasteiger charge is 2.30. The Morgan fingerprint density at radius 3 is 2.48 bits per heavy atom. The number of rotatable bonds is 3. The first-order chi connectivity index (χ1) is 12.7. The largest absolute Gasteiger partial charge is 0.345 e. The molecule has 1 heterocycles. The standard InChI is InChI=1S/C18H15ClFN3O3S/c1-11-3-5-12(6-4-11)16-10-17(23(2)27(25,26)22-16)18(24)21-13-7-8-15(20)14(19)9-13/h3-10H,1-2H3,(H,21,24). The quantitative estimate of drug-likeness (QED) is 0.847. The van der Waals surface area contributed by atoms with Gasteiger partial charge in [0.05, 0.1) is 10.7 Å². The van der Waals surface area contributed by atoms with E-state index in [-0.39, 0.29) is 22.1 Å². The predicted octanol–water partition coefficient (Wildman–Crippen LogP) is 3.29. The fourth-order valence-electron chi connectivity index (χ4n) is 2.39. The fourth-order valence-corrected chi connectivity index (χ4v) is 3.49. The van der Waals surface area contributed by atoms with Gasteiger partial charge >= 0.3 is 10.2 Å². The number of carbonyl (C=O) groups excluding carboxylic acids is 1. The minimum absolute atomic E-state index is 0.124. The van der Waals surface area contributed by atoms with Crippen molar-refractivity contribution in [2.24, 2.45) is 4.40 Å². The van der Waals surface area contributed by atoms with E-state index >= 15 is 0 Å². The summed E-state index contributed by atoms with van der Waals surface area (Å²) in [5.41, 5.74) is 1.83. The van der Waals surface area contributed by atoms with E-state index in [4.69, 9.17) is 11.6 Å². The normalized spacial score (nSPS) is 15.8. The number of anilines is 1. The lowest BCUT2D eigenvalue weighted by Crippen LogP contribution is -2.35. The third-order valence-corrected chi connectivity index (χ3v) is 5.54. The SMILES string of the molecule is Cc1ccc(C2=NS(=O)(=O)N(C)C(C(=O)Nc3ccc(F)c(Cl)c3)=C2)cc1. The van der Waals surface area contributed by atoms with E-state index in [2.05, 4.69) is 9.71 Å². The number of carbonyl (C=O) groups is 1. The molecule has 1 aliphatic heterocycles. The van der Waals surface area contributed by atoms with Crippen molar-refractivity contribution in [1.29, 1.82) is 0 Å². The Morgan fingerprint density at radius 1 is 1.19 bits per heavy atom. The van der Waals surface area contributed by atoms with E-state index in [0.717, 1.165) is 15.9 Å². The Kier molecular flexibility index (Phi) is 5.03. The summed E-state index contributed by atoms with van der Waals surface area (Å²) in [7, 11) is -2.83. The topological polar surface area (TPSA) is 78.8 Å². The van der Waals surface area contributed by atoms with Gasteiger partial charge in [0.15, 0.2) is 0 Å². The number of likely N-dealkylation sites (N-methyl/N-ethyl adjacent to an activating group) is 1. The number of benzene rings is 2. The molecule has 0 aromatic heterocycles. The van der Waals surface area contributed by atoms with Gasteiger partial charge < -0.3 is 5.32 Å². The van der Waals surface area contributed by atoms with Crippen LogP contribution in [0.15, 0.2) is 58.6 Å². The molecule has 1 aliphatic rings. The zero-order chi connectivity index (χ0) is 19.8. The van der Waals surface area contributed by atoms with Crippen molar-refractivity contribution in [3.8, 4) is 0 Å². The van der Waals surface area contributed by atoms with Crippen LogP contribution in [-0.4, -0.2) is 31.4 Å². The molecule has 2 aromatic rings. The number of aryl methyl sites for hydroxylation is 1. The Hall–Kier alpha value is -2.71. The minimum Gasteiger partial charge on any atom is -0.321 e. The maximum Gasteiger partial charge on any atom is 0.345 e. The lowest BCUT2D eigenvalue weighted by Gasteiger charge is -2.23. The lowest BCUT2D eigenvalue weighted by molar-refractivity contribution is -0.113. The molecule has 2 aromatic carbocycles. The van der Waals surface area contributed by atoms with Crippen LogP contribution < -0.4 is 5.32 Å². The summed E-state index contributed by atoms with van der Waals surface area (Å²) in [5, 5.41) is 2.35. The van der Waals surface area contributed by atoms with Gasteiger partial charge in [0, 0.05) is 18.3 Å². The molecule has 27 heavy (non-hydrogen) atoms. The molecule has 140 valence electrons. The molecule has 0 unspecified atom stereocenters. The summed E-state index contributed by atoms with van der Waals surface area (Å²) in [6.45, 7) is 1.90. The van der Waals surface area contributed by atoms with Gasteiger partial charge in [-0.25, -0.2) is 8.70 Å². The smallest absolute Gasteiger partial charge is 0.321 e. The first kappa shape index (κ1) is 19.1. The number of nitrogens with zero attached hydrogens (tertiary/aromatic N) is 2. The van der Waals surface area contributed by atoms with Crippen LogP contribution in [0.3, 0.4) is 0 Å². The Balaban J connectivity index is 1.96. The molecule has 0 saturated heterocycles. The molecule has 1 amide bonds. The second-order valence-electron chi connectivity index (χ2n) is 5.90. The van der Waals surface area contributed by atoms with Gasteiger partial charge in [0.25, 0.3) is 5.91 Å². The molecule has 1 N–H and O–H groups in total. The minimum atomic E-state index is -4.06. The van der Waals surface area contributed by atoms with Gasteiger partial charge in [-0.1, -0.05) is 41.4 Å². The molecular weight excluding hydrogens is 393 g/mol. The molecule has 9 heteroatoms. The number of allylic oxidation sites excluding steroid dienone is 1. The van der Waals surface area contributed by atoms with Gasteiger partial charge in [-0.15, -0.1) is 4.40 Å². The highest BCUT2D eigenvalue weighted by molar-refractivity contribution is 7.88. The monoisotopic (exact) mass is 407 g/mol. The van der Waals surface area contributed by atoms with Crippen LogP contribution in [0.25, 0.3) is 0 Å². The molecular formula is C18H15ClFN3O3S. The Morgan fingerprint density at radius 2 is 1.85 bits per heavy atom. The first-order valence-corrected chi connectivity index (χ1v) is 9.59. The number of halogens is 2. The van der Waals surface area contributed by atoms with E-state index in [9.17, 15) is 17.6 Å². The van der Waals surface area contributed by atoms with Crippen molar-refractivity contribution in [3.05, 3.63) is 76.2 Å². The zero-order valence-corrected chi connectivity index (χ0v) is 16.0. The number of nitrogens with one attached hydrogen (secondary N) is 1. The van der Waals surface area contributed by atoms with E-state index in [1.54, 1.807) is 12.1 Å². The maximum atomic E-state index is 13.3. The summed E-state index contributed by atoms with van der Waals surface area (Å²) < 4.78 is 42.5.